The Morgan fingerprint density at radius 3 is 3.13 bits per heavy atom. The first kappa shape index (κ1) is 9.96. The molecule has 4 nitrogen and oxygen atoms in total. The molecule has 2 atom stereocenters. The number of aromatic nitrogens is 1. The molecule has 0 amide bonds. The lowest BCUT2D eigenvalue weighted by Gasteiger charge is -2.01. The molecule has 1 saturated carbocycles. The summed E-state index contributed by atoms with van der Waals surface area (Å²) < 4.78 is 4.95. The fourth-order valence-corrected chi connectivity index (χ4v) is 1.71. The standard InChI is InChI=1S/C11H14N2O2/c1-2-15-11(14)8-6-7(8)9-4-3-5-10(12)13-9/h3-5,7-8H,2,6H2,1H3,(H2,12,13)/t7-,8-/m0/s1. The average Bonchev–Trinajstić information content (AvgIpc) is 2.97. The number of nitrogens with zero attached hydrogens (tertiary/aromatic N) is 1. The normalized spacial score (nSPS) is 23.5. The zero-order chi connectivity index (χ0) is 10.8. The Balaban J connectivity index is 2.01. The van der Waals surface area contributed by atoms with Crippen LogP contribution in [0.15, 0.2) is 18.2 Å². The van der Waals surface area contributed by atoms with E-state index >= 15 is 0 Å². The number of ether oxygens (including phenoxy) is 1. The molecular formula is C11H14N2O2. The van der Waals surface area contributed by atoms with Gasteiger partial charge in [0.05, 0.1) is 12.5 Å². The van der Waals surface area contributed by atoms with Crippen LogP contribution in [0, 0.1) is 5.92 Å². The molecule has 1 aliphatic carbocycles. The van der Waals surface area contributed by atoms with Crippen LogP contribution in [-0.2, 0) is 9.53 Å². The lowest BCUT2D eigenvalue weighted by atomic mass is 10.2. The third kappa shape index (κ3) is 2.09. The van der Waals surface area contributed by atoms with E-state index in [1.54, 1.807) is 6.07 Å². The van der Waals surface area contributed by atoms with Gasteiger partial charge < -0.3 is 10.5 Å². The monoisotopic (exact) mass is 206 g/mol. The van der Waals surface area contributed by atoms with E-state index in [9.17, 15) is 4.79 Å². The van der Waals surface area contributed by atoms with Gasteiger partial charge in [0, 0.05) is 11.6 Å². The van der Waals surface area contributed by atoms with Crippen LogP contribution in [0.5, 0.6) is 0 Å². The van der Waals surface area contributed by atoms with Gasteiger partial charge in [0.15, 0.2) is 0 Å². The fourth-order valence-electron chi connectivity index (χ4n) is 1.71. The van der Waals surface area contributed by atoms with E-state index in [2.05, 4.69) is 4.98 Å². The van der Waals surface area contributed by atoms with Crippen molar-refractivity contribution in [2.45, 2.75) is 19.3 Å². The molecule has 2 N–H and O–H groups in total. The number of esters is 1. The van der Waals surface area contributed by atoms with Crippen LogP contribution >= 0.6 is 0 Å². The molecule has 0 spiro atoms. The lowest BCUT2D eigenvalue weighted by molar-refractivity contribution is -0.144. The lowest BCUT2D eigenvalue weighted by Crippen LogP contribution is -2.07. The third-order valence-electron chi connectivity index (χ3n) is 2.55. The predicted octanol–water partition coefficient (Wildman–Crippen LogP) is 1.33. The summed E-state index contributed by atoms with van der Waals surface area (Å²) in [5, 5.41) is 0. The Kier molecular flexibility index (Phi) is 2.58. The highest BCUT2D eigenvalue weighted by atomic mass is 16.5. The first-order valence-corrected chi connectivity index (χ1v) is 5.11. The molecule has 0 radical (unpaired) electrons. The molecule has 80 valence electrons. The molecule has 1 aromatic rings. The Bertz CT molecular complexity index is 379. The summed E-state index contributed by atoms with van der Waals surface area (Å²) in [6, 6.07) is 5.50. The van der Waals surface area contributed by atoms with Crippen LogP contribution < -0.4 is 5.73 Å². The highest BCUT2D eigenvalue weighted by Crippen LogP contribution is 2.47. The molecule has 1 heterocycles. The predicted molar refractivity (Wildman–Crippen MR) is 56.1 cm³/mol. The second-order valence-corrected chi connectivity index (χ2v) is 3.69. The van der Waals surface area contributed by atoms with Gasteiger partial charge in [0.2, 0.25) is 0 Å². The zero-order valence-corrected chi connectivity index (χ0v) is 8.64. The van der Waals surface area contributed by atoms with E-state index < -0.39 is 0 Å². The van der Waals surface area contributed by atoms with Gasteiger partial charge in [-0.15, -0.1) is 0 Å². The van der Waals surface area contributed by atoms with E-state index in [-0.39, 0.29) is 17.8 Å². The second kappa shape index (κ2) is 3.88. The number of rotatable bonds is 3. The van der Waals surface area contributed by atoms with Crippen LogP contribution in [0.2, 0.25) is 0 Å². The number of nitrogens with two attached hydrogens (primary N) is 1. The number of anilines is 1. The maximum atomic E-state index is 11.4. The summed E-state index contributed by atoms with van der Waals surface area (Å²) in [5.41, 5.74) is 6.47. The van der Waals surface area contributed by atoms with Crippen molar-refractivity contribution in [1.29, 1.82) is 0 Å². The molecule has 1 fully saturated rings. The van der Waals surface area contributed by atoms with E-state index in [4.69, 9.17) is 10.5 Å². The Morgan fingerprint density at radius 2 is 2.47 bits per heavy atom. The van der Waals surface area contributed by atoms with Gasteiger partial charge in [-0.3, -0.25) is 4.79 Å². The SMILES string of the molecule is CCOC(=O)[C@H]1C[C@@H]1c1cccc(N)n1. The molecule has 15 heavy (non-hydrogen) atoms. The largest absolute Gasteiger partial charge is 0.466 e. The minimum Gasteiger partial charge on any atom is -0.466 e. The van der Waals surface area contributed by atoms with Crippen molar-refractivity contribution in [1.82, 2.24) is 4.98 Å². The minimum absolute atomic E-state index is 0.0146. The van der Waals surface area contributed by atoms with Crippen molar-refractivity contribution in [2.24, 2.45) is 5.92 Å². The molecular weight excluding hydrogens is 192 g/mol. The average molecular weight is 206 g/mol. The Morgan fingerprint density at radius 1 is 1.67 bits per heavy atom. The zero-order valence-electron chi connectivity index (χ0n) is 8.64. The molecule has 0 bridgehead atoms. The van der Waals surface area contributed by atoms with Crippen molar-refractivity contribution < 1.29 is 9.53 Å². The van der Waals surface area contributed by atoms with Crippen LogP contribution in [0.3, 0.4) is 0 Å². The molecule has 0 unspecified atom stereocenters. The highest BCUT2D eigenvalue weighted by Gasteiger charge is 2.46. The van der Waals surface area contributed by atoms with E-state index in [0.29, 0.717) is 12.4 Å². The highest BCUT2D eigenvalue weighted by molar-refractivity contribution is 5.77. The first-order valence-electron chi connectivity index (χ1n) is 5.11. The topological polar surface area (TPSA) is 65.2 Å². The molecule has 0 aliphatic heterocycles. The molecule has 4 heteroatoms. The summed E-state index contributed by atoms with van der Waals surface area (Å²) in [5.74, 6) is 0.570. The van der Waals surface area contributed by atoms with Gasteiger partial charge in [-0.25, -0.2) is 4.98 Å². The summed E-state index contributed by atoms with van der Waals surface area (Å²) in [6.07, 6.45) is 0.829. The summed E-state index contributed by atoms with van der Waals surface area (Å²) in [6.45, 7) is 2.25. The number of carbonyl (C=O) groups is 1. The van der Waals surface area contributed by atoms with Crippen molar-refractivity contribution >= 4 is 11.8 Å². The van der Waals surface area contributed by atoms with Gasteiger partial charge in [-0.05, 0) is 25.5 Å². The number of hydrogen-bond donors (Lipinski definition) is 1. The number of pyridine rings is 1. The van der Waals surface area contributed by atoms with E-state index in [0.717, 1.165) is 12.1 Å². The smallest absolute Gasteiger partial charge is 0.309 e. The van der Waals surface area contributed by atoms with E-state index in [1.807, 2.05) is 19.1 Å². The van der Waals surface area contributed by atoms with Gasteiger partial charge in [-0.2, -0.15) is 0 Å². The molecule has 0 saturated heterocycles. The summed E-state index contributed by atoms with van der Waals surface area (Å²) in [7, 11) is 0. The molecule has 1 aromatic heterocycles. The van der Waals surface area contributed by atoms with Crippen molar-refractivity contribution in [3.63, 3.8) is 0 Å². The van der Waals surface area contributed by atoms with Gasteiger partial charge in [0.25, 0.3) is 0 Å². The summed E-state index contributed by atoms with van der Waals surface area (Å²) in [4.78, 5) is 15.6. The fraction of sp³-hybridized carbons (Fsp3) is 0.455. The molecule has 1 aliphatic rings. The molecule has 2 rings (SSSR count). The van der Waals surface area contributed by atoms with Gasteiger partial charge in [-0.1, -0.05) is 6.07 Å². The van der Waals surface area contributed by atoms with Crippen LogP contribution in [0.1, 0.15) is 25.0 Å². The maximum Gasteiger partial charge on any atom is 0.309 e. The number of carbonyl (C=O) groups excluding carboxylic acids is 1. The second-order valence-electron chi connectivity index (χ2n) is 3.69. The quantitative estimate of drug-likeness (QED) is 0.758. The van der Waals surface area contributed by atoms with Crippen LogP contribution in [0.25, 0.3) is 0 Å². The van der Waals surface area contributed by atoms with Crippen molar-refractivity contribution in [3.05, 3.63) is 23.9 Å². The van der Waals surface area contributed by atoms with Crippen LogP contribution in [-0.4, -0.2) is 17.6 Å². The number of nitrogen functional groups attached to an aromatic ring is 1. The summed E-state index contributed by atoms with van der Waals surface area (Å²) >= 11 is 0. The van der Waals surface area contributed by atoms with Gasteiger partial charge in [0.1, 0.15) is 5.82 Å². The minimum atomic E-state index is -0.119. The number of hydrogen-bond acceptors (Lipinski definition) is 4. The maximum absolute atomic E-state index is 11.4. The van der Waals surface area contributed by atoms with E-state index in [1.165, 1.54) is 0 Å². The third-order valence-corrected chi connectivity index (χ3v) is 2.55. The van der Waals surface area contributed by atoms with Gasteiger partial charge >= 0.3 is 5.97 Å². The van der Waals surface area contributed by atoms with Crippen molar-refractivity contribution in [3.8, 4) is 0 Å². The van der Waals surface area contributed by atoms with Crippen molar-refractivity contribution in [2.75, 3.05) is 12.3 Å². The first-order chi connectivity index (χ1) is 7.22. The molecule has 0 aromatic carbocycles. The Hall–Kier alpha value is -1.58. The van der Waals surface area contributed by atoms with Crippen LogP contribution in [0.4, 0.5) is 5.82 Å². The Labute approximate surface area is 88.4 Å².